The van der Waals surface area contributed by atoms with Gasteiger partial charge in [0.05, 0.1) is 6.61 Å². The Morgan fingerprint density at radius 2 is 2.07 bits per heavy atom. The number of methoxy groups -OCH3 is 1. The van der Waals surface area contributed by atoms with E-state index in [-0.39, 0.29) is 35.8 Å². The average Bonchev–Trinajstić information content (AvgIpc) is 3.20. The number of pyridine rings is 2. The molecule has 1 saturated heterocycles. The van der Waals surface area contributed by atoms with E-state index in [0.29, 0.717) is 44.0 Å². The summed E-state index contributed by atoms with van der Waals surface area (Å²) < 4.78 is 24.6. The van der Waals surface area contributed by atoms with Crippen molar-refractivity contribution >= 4 is 35.8 Å². The summed E-state index contributed by atoms with van der Waals surface area (Å²) >= 11 is 0. The molecule has 1 atom stereocenters. The van der Waals surface area contributed by atoms with Gasteiger partial charge in [0.2, 0.25) is 5.88 Å². The van der Waals surface area contributed by atoms with E-state index in [1.54, 1.807) is 32.6 Å². The first-order valence-corrected chi connectivity index (χ1v) is 9.59. The van der Waals surface area contributed by atoms with Gasteiger partial charge in [0, 0.05) is 57.8 Å². The molecule has 1 aliphatic rings. The first-order chi connectivity index (χ1) is 14.2. The van der Waals surface area contributed by atoms with Crippen molar-refractivity contribution in [3.8, 4) is 5.88 Å². The number of aromatic nitrogens is 2. The van der Waals surface area contributed by atoms with Gasteiger partial charge in [0.15, 0.2) is 17.6 Å². The lowest BCUT2D eigenvalue weighted by atomic mass is 10.2. The molecule has 2 aromatic heterocycles. The number of hydrogen-bond acceptors (Lipinski definition) is 6. The van der Waals surface area contributed by atoms with E-state index in [1.165, 1.54) is 6.07 Å². The largest absolute Gasteiger partial charge is 0.475 e. The van der Waals surface area contributed by atoms with Crippen LogP contribution in [0.4, 0.5) is 10.2 Å². The van der Waals surface area contributed by atoms with Crippen molar-refractivity contribution < 1.29 is 13.9 Å². The topological polar surface area (TPSA) is 83.9 Å². The van der Waals surface area contributed by atoms with Crippen molar-refractivity contribution in [3.63, 3.8) is 0 Å². The number of rotatable bonds is 8. The van der Waals surface area contributed by atoms with E-state index >= 15 is 0 Å². The zero-order valence-corrected chi connectivity index (χ0v) is 19.5. The molecule has 8 nitrogen and oxygen atoms in total. The number of ether oxygens (including phenoxy) is 2. The molecule has 164 valence electrons. The van der Waals surface area contributed by atoms with Crippen molar-refractivity contribution in [2.75, 3.05) is 45.4 Å². The number of nitrogens with one attached hydrogen (secondary N) is 2. The number of guanidine groups is 1. The van der Waals surface area contributed by atoms with Crippen molar-refractivity contribution in [1.82, 2.24) is 20.6 Å². The minimum Gasteiger partial charge on any atom is -0.475 e. The van der Waals surface area contributed by atoms with Gasteiger partial charge in [-0.05, 0) is 24.6 Å². The minimum atomic E-state index is -0.298. The molecule has 0 saturated carbocycles. The van der Waals surface area contributed by atoms with Gasteiger partial charge >= 0.3 is 0 Å². The second kappa shape index (κ2) is 12.5. The first kappa shape index (κ1) is 24.1. The van der Waals surface area contributed by atoms with Gasteiger partial charge < -0.3 is 25.0 Å². The highest BCUT2D eigenvalue weighted by Crippen LogP contribution is 2.20. The smallest absolute Gasteiger partial charge is 0.218 e. The number of hydrogen-bond donors (Lipinski definition) is 2. The van der Waals surface area contributed by atoms with E-state index in [1.807, 2.05) is 17.0 Å². The minimum absolute atomic E-state index is 0. The van der Waals surface area contributed by atoms with Crippen LogP contribution in [0.1, 0.15) is 12.0 Å². The standard InChI is InChI=1S/C20H27FN6O2.HI/c1-22-20(25-13-15-5-3-9-24-19(15)29-12-11-28-2)26-16-7-10-27(14-16)18-17(21)6-4-8-23-18;/h3-6,8-9,16H,7,10-14H2,1-2H3,(H2,22,25,26);1H. The number of nitrogens with zero attached hydrogens (tertiary/aromatic N) is 4. The van der Waals surface area contributed by atoms with Crippen LogP contribution in [-0.2, 0) is 11.3 Å². The number of aliphatic imine (C=N–C) groups is 1. The lowest BCUT2D eigenvalue weighted by Crippen LogP contribution is -2.44. The summed E-state index contributed by atoms with van der Waals surface area (Å²) in [5.74, 6) is 1.34. The van der Waals surface area contributed by atoms with Crippen LogP contribution >= 0.6 is 24.0 Å². The molecule has 30 heavy (non-hydrogen) atoms. The van der Waals surface area contributed by atoms with E-state index in [9.17, 15) is 4.39 Å². The lowest BCUT2D eigenvalue weighted by molar-refractivity contribution is 0.143. The summed E-state index contributed by atoms with van der Waals surface area (Å²) in [5, 5.41) is 6.68. The van der Waals surface area contributed by atoms with Crippen LogP contribution in [0.15, 0.2) is 41.7 Å². The molecule has 2 N–H and O–H groups in total. The van der Waals surface area contributed by atoms with Crippen LogP contribution in [0.5, 0.6) is 5.88 Å². The SMILES string of the molecule is CN=C(NCc1cccnc1OCCOC)NC1CCN(c2ncccc2F)C1.I. The molecule has 0 bridgehead atoms. The highest BCUT2D eigenvalue weighted by atomic mass is 127. The van der Waals surface area contributed by atoms with E-state index in [0.717, 1.165) is 18.5 Å². The van der Waals surface area contributed by atoms with Gasteiger partial charge in [-0.2, -0.15) is 0 Å². The molecular weight excluding hydrogens is 502 g/mol. The molecule has 3 rings (SSSR count). The summed E-state index contributed by atoms with van der Waals surface area (Å²) in [6.45, 7) is 2.86. The predicted molar refractivity (Wildman–Crippen MR) is 125 cm³/mol. The van der Waals surface area contributed by atoms with Gasteiger partial charge in [0.1, 0.15) is 6.61 Å². The fourth-order valence-corrected chi connectivity index (χ4v) is 3.16. The Kier molecular flexibility index (Phi) is 10.0. The third-order valence-electron chi connectivity index (χ3n) is 4.61. The Balaban J connectivity index is 0.00000320. The highest BCUT2D eigenvalue weighted by molar-refractivity contribution is 14.0. The van der Waals surface area contributed by atoms with Gasteiger partial charge in [-0.25, -0.2) is 14.4 Å². The van der Waals surface area contributed by atoms with Gasteiger partial charge in [-0.1, -0.05) is 6.07 Å². The molecule has 0 amide bonds. The first-order valence-electron chi connectivity index (χ1n) is 9.59. The summed E-state index contributed by atoms with van der Waals surface area (Å²) in [4.78, 5) is 14.7. The predicted octanol–water partition coefficient (Wildman–Crippen LogP) is 2.20. The fraction of sp³-hybridized carbons (Fsp3) is 0.450. The van der Waals surface area contributed by atoms with Gasteiger partial charge in [-0.3, -0.25) is 4.99 Å². The summed E-state index contributed by atoms with van der Waals surface area (Å²) in [7, 11) is 3.35. The van der Waals surface area contributed by atoms with Crippen LogP contribution in [0.2, 0.25) is 0 Å². The Morgan fingerprint density at radius 1 is 1.27 bits per heavy atom. The Hall–Kier alpha value is -2.21. The molecule has 0 spiro atoms. The van der Waals surface area contributed by atoms with Crippen LogP contribution in [0, 0.1) is 5.82 Å². The Morgan fingerprint density at radius 3 is 2.83 bits per heavy atom. The van der Waals surface area contributed by atoms with Crippen molar-refractivity contribution in [1.29, 1.82) is 0 Å². The number of anilines is 1. The molecule has 1 unspecified atom stereocenters. The maximum absolute atomic E-state index is 14.0. The van der Waals surface area contributed by atoms with Crippen LogP contribution in [0.3, 0.4) is 0 Å². The maximum Gasteiger partial charge on any atom is 0.218 e. The molecule has 0 radical (unpaired) electrons. The third-order valence-corrected chi connectivity index (χ3v) is 4.61. The third kappa shape index (κ3) is 6.66. The molecular formula is C20H28FIN6O2. The second-order valence-corrected chi connectivity index (χ2v) is 6.62. The van der Waals surface area contributed by atoms with Crippen LogP contribution in [-0.4, -0.2) is 62.4 Å². The van der Waals surface area contributed by atoms with E-state index < -0.39 is 0 Å². The van der Waals surface area contributed by atoms with Crippen molar-refractivity contribution in [2.45, 2.75) is 19.0 Å². The lowest BCUT2D eigenvalue weighted by Gasteiger charge is -2.20. The summed E-state index contributed by atoms with van der Waals surface area (Å²) in [6, 6.07) is 7.00. The zero-order chi connectivity index (χ0) is 20.5. The second-order valence-electron chi connectivity index (χ2n) is 6.62. The molecule has 10 heteroatoms. The molecule has 1 aliphatic heterocycles. The summed E-state index contributed by atoms with van der Waals surface area (Å²) in [6.07, 6.45) is 4.18. The molecule has 1 fully saturated rings. The Labute approximate surface area is 193 Å². The Bertz CT molecular complexity index is 825. The fourth-order valence-electron chi connectivity index (χ4n) is 3.16. The van der Waals surface area contributed by atoms with Crippen LogP contribution < -0.4 is 20.3 Å². The summed E-state index contributed by atoms with van der Waals surface area (Å²) in [5.41, 5.74) is 0.926. The molecule has 0 aliphatic carbocycles. The normalized spacial score (nSPS) is 16.2. The van der Waals surface area contributed by atoms with E-state index in [4.69, 9.17) is 9.47 Å². The maximum atomic E-state index is 14.0. The van der Waals surface area contributed by atoms with Crippen molar-refractivity contribution in [3.05, 3.63) is 48.0 Å². The van der Waals surface area contributed by atoms with Crippen LogP contribution in [0.25, 0.3) is 0 Å². The average molecular weight is 530 g/mol. The van der Waals surface area contributed by atoms with Crippen molar-refractivity contribution in [2.24, 2.45) is 4.99 Å². The quantitative estimate of drug-likeness (QED) is 0.235. The molecule has 2 aromatic rings. The molecule has 0 aromatic carbocycles. The van der Waals surface area contributed by atoms with E-state index in [2.05, 4.69) is 25.6 Å². The zero-order valence-electron chi connectivity index (χ0n) is 17.2. The van der Waals surface area contributed by atoms with Gasteiger partial charge in [-0.15, -0.1) is 24.0 Å². The molecule has 3 heterocycles. The monoisotopic (exact) mass is 530 g/mol. The number of halogens is 2. The highest BCUT2D eigenvalue weighted by Gasteiger charge is 2.26. The van der Waals surface area contributed by atoms with Gasteiger partial charge in [0.25, 0.3) is 0 Å².